The largest absolute Gasteiger partial charge is 0.235 e. The van der Waals surface area contributed by atoms with Gasteiger partial charge in [0.1, 0.15) is 17.0 Å². The molecule has 84 valence electrons. The lowest BCUT2D eigenvalue weighted by Crippen LogP contribution is -1.88. The zero-order valence-corrected chi connectivity index (χ0v) is 10.8. The maximum absolute atomic E-state index is 13.1. The van der Waals surface area contributed by atoms with Crippen molar-refractivity contribution in [3.63, 3.8) is 0 Å². The number of hydrogen-bond acceptors (Lipinski definition) is 2. The summed E-state index contributed by atoms with van der Waals surface area (Å²) >= 11 is 8.93. The van der Waals surface area contributed by atoms with Crippen molar-refractivity contribution in [2.24, 2.45) is 0 Å². The summed E-state index contributed by atoms with van der Waals surface area (Å²) in [7, 11) is 0. The Kier molecular flexibility index (Phi) is 3.41. The minimum atomic E-state index is -0.339. The van der Waals surface area contributed by atoms with E-state index in [0.29, 0.717) is 15.7 Å². The maximum Gasteiger partial charge on any atom is 0.147 e. The number of nitrogens with zero attached hydrogens (tertiary/aromatic N) is 2. The summed E-state index contributed by atoms with van der Waals surface area (Å²) in [5.41, 5.74) is 1.64. The Balaban J connectivity index is 2.50. The SMILES string of the molecule is N#Cc1ccc(-c2ccc(F)c(Br)c2)nc1Cl. The van der Waals surface area contributed by atoms with Crippen molar-refractivity contribution >= 4 is 27.5 Å². The summed E-state index contributed by atoms with van der Waals surface area (Å²) in [6.45, 7) is 0. The highest BCUT2D eigenvalue weighted by Gasteiger charge is 2.07. The fourth-order valence-electron chi connectivity index (χ4n) is 1.33. The molecule has 2 rings (SSSR count). The van der Waals surface area contributed by atoms with Gasteiger partial charge in [0.2, 0.25) is 0 Å². The van der Waals surface area contributed by atoms with E-state index in [2.05, 4.69) is 20.9 Å². The lowest BCUT2D eigenvalue weighted by molar-refractivity contribution is 0.621. The zero-order valence-electron chi connectivity index (χ0n) is 8.42. The van der Waals surface area contributed by atoms with E-state index in [1.807, 2.05) is 6.07 Å². The molecule has 0 spiro atoms. The van der Waals surface area contributed by atoms with E-state index < -0.39 is 0 Å². The molecule has 0 N–H and O–H groups in total. The Hall–Kier alpha value is -1.44. The third-order valence-electron chi connectivity index (χ3n) is 2.18. The summed E-state index contributed by atoms with van der Waals surface area (Å²) in [5, 5.41) is 8.87. The molecule has 0 fully saturated rings. The smallest absolute Gasteiger partial charge is 0.147 e. The molecule has 0 amide bonds. The van der Waals surface area contributed by atoms with Crippen LogP contribution in [0.15, 0.2) is 34.8 Å². The average Bonchev–Trinajstić information content (AvgIpc) is 2.32. The summed E-state index contributed by atoms with van der Waals surface area (Å²) in [4.78, 5) is 4.08. The van der Waals surface area contributed by atoms with Gasteiger partial charge in [-0.15, -0.1) is 0 Å². The molecule has 2 nitrogen and oxygen atoms in total. The van der Waals surface area contributed by atoms with Gasteiger partial charge in [-0.1, -0.05) is 11.6 Å². The van der Waals surface area contributed by atoms with Crippen LogP contribution in [0.25, 0.3) is 11.3 Å². The second-order valence-corrected chi connectivity index (χ2v) is 4.49. The van der Waals surface area contributed by atoms with Gasteiger partial charge in [0.15, 0.2) is 0 Å². The zero-order chi connectivity index (χ0) is 12.4. The number of nitriles is 1. The number of halogens is 3. The molecule has 0 unspecified atom stereocenters. The maximum atomic E-state index is 13.1. The molecule has 0 aliphatic rings. The third-order valence-corrected chi connectivity index (χ3v) is 3.08. The molecule has 0 aliphatic heterocycles. The molecule has 0 atom stereocenters. The minimum Gasteiger partial charge on any atom is -0.235 e. The second-order valence-electron chi connectivity index (χ2n) is 3.28. The van der Waals surface area contributed by atoms with E-state index in [4.69, 9.17) is 16.9 Å². The monoisotopic (exact) mass is 310 g/mol. The van der Waals surface area contributed by atoms with Crippen molar-refractivity contribution in [1.82, 2.24) is 4.98 Å². The Morgan fingerprint density at radius 1 is 1.29 bits per heavy atom. The predicted octanol–water partition coefficient (Wildman–Crippen LogP) is 4.18. The lowest BCUT2D eigenvalue weighted by Gasteiger charge is -2.03. The highest BCUT2D eigenvalue weighted by molar-refractivity contribution is 9.10. The number of pyridine rings is 1. The first kappa shape index (κ1) is 12.0. The van der Waals surface area contributed by atoms with E-state index in [1.165, 1.54) is 6.07 Å². The Morgan fingerprint density at radius 2 is 2.06 bits per heavy atom. The van der Waals surface area contributed by atoms with Crippen LogP contribution >= 0.6 is 27.5 Å². The molecule has 1 aromatic carbocycles. The van der Waals surface area contributed by atoms with Crippen molar-refractivity contribution in [2.75, 3.05) is 0 Å². The van der Waals surface area contributed by atoms with Crippen LogP contribution < -0.4 is 0 Å². The van der Waals surface area contributed by atoms with Gasteiger partial charge in [-0.25, -0.2) is 9.37 Å². The Morgan fingerprint density at radius 3 is 2.65 bits per heavy atom. The molecular formula is C12H5BrClFN2. The van der Waals surface area contributed by atoms with Gasteiger partial charge in [-0.2, -0.15) is 5.26 Å². The van der Waals surface area contributed by atoms with Gasteiger partial charge in [0.05, 0.1) is 15.7 Å². The van der Waals surface area contributed by atoms with Gasteiger partial charge in [-0.3, -0.25) is 0 Å². The van der Waals surface area contributed by atoms with E-state index in [9.17, 15) is 4.39 Å². The lowest BCUT2D eigenvalue weighted by atomic mass is 10.1. The van der Waals surface area contributed by atoms with E-state index >= 15 is 0 Å². The van der Waals surface area contributed by atoms with Crippen molar-refractivity contribution < 1.29 is 4.39 Å². The molecule has 0 bridgehead atoms. The Labute approximate surface area is 111 Å². The molecule has 0 saturated heterocycles. The standard InChI is InChI=1S/C12H5BrClFN2/c13-9-5-7(1-3-10(9)15)11-4-2-8(6-16)12(14)17-11/h1-5H. The van der Waals surface area contributed by atoms with Gasteiger partial charge in [0.25, 0.3) is 0 Å². The van der Waals surface area contributed by atoms with Crippen LogP contribution in [-0.2, 0) is 0 Å². The van der Waals surface area contributed by atoms with Crippen LogP contribution in [0.4, 0.5) is 4.39 Å². The molecule has 1 aromatic heterocycles. The molecule has 17 heavy (non-hydrogen) atoms. The highest BCUT2D eigenvalue weighted by atomic mass is 79.9. The molecule has 0 aliphatic carbocycles. The number of rotatable bonds is 1. The quantitative estimate of drug-likeness (QED) is 0.741. The Bertz CT molecular complexity index is 622. The predicted molar refractivity (Wildman–Crippen MR) is 67.1 cm³/mol. The molecule has 0 radical (unpaired) electrons. The van der Waals surface area contributed by atoms with Crippen LogP contribution in [0.1, 0.15) is 5.56 Å². The van der Waals surface area contributed by atoms with E-state index in [1.54, 1.807) is 24.3 Å². The molecule has 5 heteroatoms. The normalized spacial score (nSPS) is 10.0. The number of aromatic nitrogens is 1. The van der Waals surface area contributed by atoms with Crippen LogP contribution in [0.5, 0.6) is 0 Å². The van der Waals surface area contributed by atoms with Crippen LogP contribution in [0.2, 0.25) is 5.15 Å². The van der Waals surface area contributed by atoms with Gasteiger partial charge in [0, 0.05) is 5.56 Å². The topological polar surface area (TPSA) is 36.7 Å². The summed E-state index contributed by atoms with van der Waals surface area (Å²) in [6, 6.07) is 9.74. The molecular weight excluding hydrogens is 307 g/mol. The fraction of sp³-hybridized carbons (Fsp3) is 0. The second kappa shape index (κ2) is 4.82. The van der Waals surface area contributed by atoms with Crippen LogP contribution in [-0.4, -0.2) is 4.98 Å². The molecule has 1 heterocycles. The van der Waals surface area contributed by atoms with Crippen molar-refractivity contribution in [1.29, 1.82) is 5.26 Å². The van der Waals surface area contributed by atoms with Gasteiger partial charge in [-0.05, 0) is 46.3 Å². The van der Waals surface area contributed by atoms with Crippen molar-refractivity contribution in [2.45, 2.75) is 0 Å². The van der Waals surface area contributed by atoms with Gasteiger partial charge < -0.3 is 0 Å². The number of benzene rings is 1. The number of hydrogen-bond donors (Lipinski definition) is 0. The highest BCUT2D eigenvalue weighted by Crippen LogP contribution is 2.25. The first-order valence-corrected chi connectivity index (χ1v) is 5.81. The molecule has 2 aromatic rings. The summed E-state index contributed by atoms with van der Waals surface area (Å²) in [5.74, 6) is -0.339. The van der Waals surface area contributed by atoms with Gasteiger partial charge >= 0.3 is 0 Å². The van der Waals surface area contributed by atoms with Crippen LogP contribution in [0, 0.1) is 17.1 Å². The van der Waals surface area contributed by atoms with Crippen molar-refractivity contribution in [3.8, 4) is 17.3 Å². The van der Waals surface area contributed by atoms with E-state index in [0.717, 1.165) is 5.56 Å². The minimum absolute atomic E-state index is 0.144. The van der Waals surface area contributed by atoms with E-state index in [-0.39, 0.29) is 11.0 Å². The van der Waals surface area contributed by atoms with Crippen LogP contribution in [0.3, 0.4) is 0 Å². The first-order valence-electron chi connectivity index (χ1n) is 4.64. The third kappa shape index (κ3) is 2.46. The first-order chi connectivity index (χ1) is 8.11. The molecule has 0 saturated carbocycles. The average molecular weight is 312 g/mol. The fourth-order valence-corrected chi connectivity index (χ4v) is 1.91. The summed E-state index contributed by atoms with van der Waals surface area (Å²) < 4.78 is 13.4. The summed E-state index contributed by atoms with van der Waals surface area (Å²) in [6.07, 6.45) is 0. The van der Waals surface area contributed by atoms with Crippen molar-refractivity contribution in [3.05, 3.63) is 51.3 Å².